The summed E-state index contributed by atoms with van der Waals surface area (Å²) in [5.74, 6) is 0.604. The largest absolute Gasteiger partial charge is 0.457 e. The Bertz CT molecular complexity index is 726. The first-order valence-electron chi connectivity index (χ1n) is 11.0. The molecule has 4 aliphatic carbocycles. The van der Waals surface area contributed by atoms with Crippen LogP contribution in [0.15, 0.2) is 23.8 Å². The maximum Gasteiger partial charge on any atom is 0.333 e. The molecule has 0 aromatic carbocycles. The lowest BCUT2D eigenvalue weighted by Crippen LogP contribution is -2.63. The zero-order chi connectivity index (χ0) is 20.4. The van der Waals surface area contributed by atoms with Crippen LogP contribution in [0.1, 0.15) is 79.6 Å². The minimum Gasteiger partial charge on any atom is -0.457 e. The molecule has 0 aliphatic heterocycles. The number of esters is 1. The molecule has 0 aromatic heterocycles. The van der Waals surface area contributed by atoms with Gasteiger partial charge >= 0.3 is 5.97 Å². The van der Waals surface area contributed by atoms with Gasteiger partial charge in [0.05, 0.1) is 0 Å². The third-order valence-corrected chi connectivity index (χ3v) is 9.25. The van der Waals surface area contributed by atoms with Crippen molar-refractivity contribution in [1.29, 1.82) is 0 Å². The van der Waals surface area contributed by atoms with E-state index >= 15 is 0 Å². The Morgan fingerprint density at radius 1 is 1.07 bits per heavy atom. The summed E-state index contributed by atoms with van der Waals surface area (Å²) in [5.41, 5.74) is 0.139. The molecule has 4 heteroatoms. The zero-order valence-corrected chi connectivity index (χ0v) is 18.1. The fourth-order valence-electron chi connectivity index (χ4n) is 7.69. The molecule has 7 unspecified atom stereocenters. The van der Waals surface area contributed by atoms with E-state index in [4.69, 9.17) is 9.62 Å². The number of carbonyl (C=O) groups excluding carboxylic acids is 1. The molecule has 0 heterocycles. The zero-order valence-electron chi connectivity index (χ0n) is 18.1. The lowest BCUT2D eigenvalue weighted by Gasteiger charge is -2.65. The van der Waals surface area contributed by atoms with Gasteiger partial charge in [-0.2, -0.15) is 0 Å². The van der Waals surface area contributed by atoms with Crippen LogP contribution < -0.4 is 0 Å². The van der Waals surface area contributed by atoms with Crippen LogP contribution in [-0.2, 0) is 14.4 Å². The summed E-state index contributed by atoms with van der Waals surface area (Å²) < 4.78 is 6.25. The predicted molar refractivity (Wildman–Crippen MR) is 109 cm³/mol. The summed E-state index contributed by atoms with van der Waals surface area (Å²) >= 11 is 0. The predicted octanol–water partition coefficient (Wildman–Crippen LogP) is 5.69. The normalized spacial score (nSPS) is 50.1. The van der Waals surface area contributed by atoms with Gasteiger partial charge in [-0.1, -0.05) is 32.1 Å². The highest BCUT2D eigenvalue weighted by molar-refractivity contribution is 5.87. The van der Waals surface area contributed by atoms with Crippen molar-refractivity contribution in [1.82, 2.24) is 0 Å². The highest BCUT2D eigenvalue weighted by atomic mass is 17.1. The van der Waals surface area contributed by atoms with Gasteiger partial charge in [0.15, 0.2) is 0 Å². The Balaban J connectivity index is 1.73. The van der Waals surface area contributed by atoms with E-state index in [9.17, 15) is 10.1 Å². The number of allylic oxidation sites excluding steroid dienone is 1. The van der Waals surface area contributed by atoms with Crippen molar-refractivity contribution in [2.45, 2.75) is 91.3 Å². The summed E-state index contributed by atoms with van der Waals surface area (Å²) in [6.07, 6.45) is 13.8. The van der Waals surface area contributed by atoms with Crippen molar-refractivity contribution < 1.29 is 19.7 Å². The molecule has 4 aliphatic rings. The Morgan fingerprint density at radius 2 is 1.79 bits per heavy atom. The third-order valence-electron chi connectivity index (χ3n) is 9.25. The van der Waals surface area contributed by atoms with Crippen molar-refractivity contribution in [2.24, 2.45) is 28.1 Å². The second-order valence-corrected chi connectivity index (χ2v) is 10.7. The summed E-state index contributed by atoms with van der Waals surface area (Å²) in [6.45, 7) is 10.5. The van der Waals surface area contributed by atoms with Crippen LogP contribution in [0.4, 0.5) is 0 Å². The molecule has 2 bridgehead atoms. The summed E-state index contributed by atoms with van der Waals surface area (Å²) in [6, 6.07) is 0. The first-order chi connectivity index (χ1) is 13.2. The minimum atomic E-state index is -0.467. The van der Waals surface area contributed by atoms with E-state index < -0.39 is 5.60 Å². The minimum absolute atomic E-state index is 0.0746. The molecule has 156 valence electrons. The molecule has 3 saturated carbocycles. The van der Waals surface area contributed by atoms with E-state index in [1.807, 2.05) is 19.9 Å². The Morgan fingerprint density at radius 3 is 2.46 bits per heavy atom. The fraction of sp³-hybridized carbons (Fsp3) is 0.792. The van der Waals surface area contributed by atoms with Gasteiger partial charge in [-0.05, 0) is 83.0 Å². The van der Waals surface area contributed by atoms with Crippen LogP contribution in [0.5, 0.6) is 0 Å². The van der Waals surface area contributed by atoms with Gasteiger partial charge in [-0.15, -0.1) is 0 Å². The quantitative estimate of drug-likeness (QED) is 0.222. The maximum atomic E-state index is 12.7. The maximum absolute atomic E-state index is 12.7. The molecule has 0 saturated heterocycles. The van der Waals surface area contributed by atoms with Crippen molar-refractivity contribution in [2.75, 3.05) is 0 Å². The van der Waals surface area contributed by atoms with Gasteiger partial charge in [0.1, 0.15) is 11.7 Å². The number of carbonyl (C=O) groups is 1. The van der Waals surface area contributed by atoms with E-state index in [-0.39, 0.29) is 28.3 Å². The van der Waals surface area contributed by atoms with Crippen LogP contribution in [0.3, 0.4) is 0 Å². The van der Waals surface area contributed by atoms with Crippen LogP contribution in [-0.4, -0.2) is 22.9 Å². The van der Waals surface area contributed by atoms with E-state index in [1.165, 1.54) is 0 Å². The average Bonchev–Trinajstić information content (AvgIpc) is 2.83. The summed E-state index contributed by atoms with van der Waals surface area (Å²) in [4.78, 5) is 17.8. The van der Waals surface area contributed by atoms with Crippen LogP contribution in [0.2, 0.25) is 0 Å². The smallest absolute Gasteiger partial charge is 0.333 e. The highest BCUT2D eigenvalue weighted by Crippen LogP contribution is 2.71. The second-order valence-electron chi connectivity index (χ2n) is 10.7. The number of fused-ring (bicyclic) bond motifs is 3. The molecule has 0 radical (unpaired) electrons. The van der Waals surface area contributed by atoms with E-state index in [2.05, 4.69) is 32.9 Å². The molecular weight excluding hydrogens is 352 g/mol. The van der Waals surface area contributed by atoms with Gasteiger partial charge in [0, 0.05) is 16.4 Å². The van der Waals surface area contributed by atoms with Gasteiger partial charge in [0.25, 0.3) is 0 Å². The number of hydrogen-bond acceptors (Lipinski definition) is 4. The molecular formula is C24H36O4. The highest BCUT2D eigenvalue weighted by Gasteiger charge is 2.69. The van der Waals surface area contributed by atoms with E-state index in [0.717, 1.165) is 44.9 Å². The summed E-state index contributed by atoms with van der Waals surface area (Å²) in [7, 11) is 0. The lowest BCUT2D eigenvalue weighted by atomic mass is 9.41. The molecule has 0 aromatic rings. The Hall–Kier alpha value is -1.13. The van der Waals surface area contributed by atoms with Crippen LogP contribution >= 0.6 is 0 Å². The molecule has 7 atom stereocenters. The SMILES string of the molecule is CC=C(C)C(=O)OC1C2(C)C=CC13CCC1C(C)(OO)CCCC1(C)C3CC2. The molecule has 4 nitrogen and oxygen atoms in total. The van der Waals surface area contributed by atoms with Crippen LogP contribution in [0, 0.1) is 28.1 Å². The van der Waals surface area contributed by atoms with E-state index in [0.29, 0.717) is 17.4 Å². The third kappa shape index (κ3) is 2.53. The fourth-order valence-corrected chi connectivity index (χ4v) is 7.69. The Kier molecular flexibility index (Phi) is 4.63. The number of hydrogen-bond donors (Lipinski definition) is 1. The van der Waals surface area contributed by atoms with Gasteiger partial charge in [-0.25, -0.2) is 9.68 Å². The summed E-state index contributed by atoms with van der Waals surface area (Å²) in [5, 5.41) is 9.74. The molecule has 1 N–H and O–H groups in total. The average molecular weight is 389 g/mol. The van der Waals surface area contributed by atoms with Crippen molar-refractivity contribution >= 4 is 5.97 Å². The number of rotatable bonds is 3. The molecule has 3 fully saturated rings. The molecule has 28 heavy (non-hydrogen) atoms. The van der Waals surface area contributed by atoms with Gasteiger partial charge < -0.3 is 4.74 Å². The molecule has 1 spiro atoms. The van der Waals surface area contributed by atoms with Crippen molar-refractivity contribution in [3.05, 3.63) is 23.8 Å². The number of ether oxygens (including phenoxy) is 1. The van der Waals surface area contributed by atoms with Gasteiger partial charge in [-0.3, -0.25) is 5.26 Å². The topological polar surface area (TPSA) is 55.8 Å². The van der Waals surface area contributed by atoms with Crippen molar-refractivity contribution in [3.8, 4) is 0 Å². The molecule has 4 rings (SSSR count). The molecule has 0 amide bonds. The standard InChI is InChI=1S/C24H36O4/c1-6-16(2)19(25)27-20-21(3)12-8-18-22(4)10-7-11-23(5,28-26)17(22)9-13-24(18,20)15-14-21/h6,14-15,17-18,20,26H,7-13H2,1-5H3. The van der Waals surface area contributed by atoms with Gasteiger partial charge in [0.2, 0.25) is 0 Å². The first kappa shape index (κ1) is 20.2. The Labute approximate surface area is 169 Å². The monoisotopic (exact) mass is 388 g/mol. The lowest BCUT2D eigenvalue weighted by molar-refractivity contribution is -0.360. The van der Waals surface area contributed by atoms with E-state index in [1.54, 1.807) is 0 Å². The van der Waals surface area contributed by atoms with Crippen molar-refractivity contribution in [3.63, 3.8) is 0 Å². The first-order valence-corrected chi connectivity index (χ1v) is 11.0. The second kappa shape index (κ2) is 6.43. The van der Waals surface area contributed by atoms with Crippen LogP contribution in [0.25, 0.3) is 0 Å².